The number of nitrogens with zero attached hydrogens (tertiary/aromatic N) is 5. The van der Waals surface area contributed by atoms with Gasteiger partial charge in [0.05, 0.1) is 0 Å². The summed E-state index contributed by atoms with van der Waals surface area (Å²) in [4.78, 5) is 30.7. The molecule has 1 atom stereocenters. The molecule has 3 heterocycles. The van der Waals surface area contributed by atoms with Crippen molar-refractivity contribution in [1.29, 1.82) is 0 Å². The SMILES string of the molecule is CC[C@H](C)n1c(C)cn2c3c(=O)n(CCc4ccccc4)c(=O)n(C)c3nc12. The molecule has 4 rings (SSSR count). The average Bonchev–Trinajstić information content (AvgIpc) is 3.21. The maximum absolute atomic E-state index is 13.2. The first-order chi connectivity index (χ1) is 13.4. The van der Waals surface area contributed by atoms with Gasteiger partial charge in [0.25, 0.3) is 5.56 Å². The Morgan fingerprint density at radius 2 is 1.86 bits per heavy atom. The second kappa shape index (κ2) is 6.82. The summed E-state index contributed by atoms with van der Waals surface area (Å²) in [5.74, 6) is 0.703. The monoisotopic (exact) mass is 379 g/mol. The Balaban J connectivity index is 1.92. The molecule has 0 spiro atoms. The van der Waals surface area contributed by atoms with Gasteiger partial charge in [0.2, 0.25) is 5.78 Å². The summed E-state index contributed by atoms with van der Waals surface area (Å²) in [5.41, 5.74) is 2.40. The number of benzene rings is 1. The van der Waals surface area contributed by atoms with Gasteiger partial charge in [0.15, 0.2) is 11.2 Å². The van der Waals surface area contributed by atoms with Crippen molar-refractivity contribution in [1.82, 2.24) is 23.1 Å². The number of hydrogen-bond donors (Lipinski definition) is 0. The molecule has 1 aromatic carbocycles. The standard InChI is InChI=1S/C21H25N5O2/c1-5-14(2)26-15(3)13-25-17-18(22-20(25)26)23(4)21(28)24(19(17)27)12-11-16-9-7-6-8-10-16/h6-10,13-14H,5,11-12H2,1-4H3/t14-/m0/s1. The molecule has 0 radical (unpaired) electrons. The summed E-state index contributed by atoms with van der Waals surface area (Å²) in [6.07, 6.45) is 3.51. The Labute approximate surface area is 162 Å². The van der Waals surface area contributed by atoms with Crippen molar-refractivity contribution < 1.29 is 0 Å². The van der Waals surface area contributed by atoms with E-state index in [2.05, 4.69) is 23.4 Å². The Bertz CT molecular complexity index is 1270. The summed E-state index contributed by atoms with van der Waals surface area (Å²) in [6, 6.07) is 10.1. The van der Waals surface area contributed by atoms with Crippen molar-refractivity contribution in [2.24, 2.45) is 7.05 Å². The van der Waals surface area contributed by atoms with E-state index in [1.54, 1.807) is 7.05 Å². The van der Waals surface area contributed by atoms with Crippen molar-refractivity contribution in [2.45, 2.75) is 46.2 Å². The third-order valence-electron chi connectivity index (χ3n) is 5.57. The minimum Gasteiger partial charge on any atom is -0.311 e. The third-order valence-corrected chi connectivity index (χ3v) is 5.57. The van der Waals surface area contributed by atoms with Crippen LogP contribution >= 0.6 is 0 Å². The molecule has 0 saturated carbocycles. The van der Waals surface area contributed by atoms with Gasteiger partial charge in [-0.3, -0.25) is 18.3 Å². The van der Waals surface area contributed by atoms with Gasteiger partial charge in [-0.1, -0.05) is 37.3 Å². The number of rotatable bonds is 5. The Morgan fingerprint density at radius 1 is 1.14 bits per heavy atom. The molecule has 0 unspecified atom stereocenters. The fraction of sp³-hybridized carbons (Fsp3) is 0.381. The van der Waals surface area contributed by atoms with Crippen molar-refractivity contribution in [3.05, 3.63) is 68.6 Å². The van der Waals surface area contributed by atoms with E-state index in [4.69, 9.17) is 0 Å². The number of hydrogen-bond acceptors (Lipinski definition) is 3. The molecule has 0 saturated heterocycles. The number of aromatic nitrogens is 5. The molecule has 0 amide bonds. The predicted octanol–water partition coefficient (Wildman–Crippen LogP) is 2.67. The highest BCUT2D eigenvalue weighted by Crippen LogP contribution is 2.22. The van der Waals surface area contributed by atoms with Crippen LogP contribution in [0.5, 0.6) is 0 Å². The summed E-state index contributed by atoms with van der Waals surface area (Å²) in [7, 11) is 1.68. The van der Waals surface area contributed by atoms with Crippen LogP contribution in [-0.4, -0.2) is 23.1 Å². The fourth-order valence-corrected chi connectivity index (χ4v) is 3.84. The summed E-state index contributed by atoms with van der Waals surface area (Å²) < 4.78 is 6.75. The number of fused-ring (bicyclic) bond motifs is 3. The van der Waals surface area contributed by atoms with Gasteiger partial charge in [-0.05, 0) is 32.3 Å². The maximum Gasteiger partial charge on any atom is 0.332 e. The third kappa shape index (κ3) is 2.69. The minimum atomic E-state index is -0.332. The lowest BCUT2D eigenvalue weighted by Crippen LogP contribution is -2.39. The van der Waals surface area contributed by atoms with E-state index in [-0.39, 0.29) is 17.3 Å². The normalized spacial score (nSPS) is 12.9. The lowest BCUT2D eigenvalue weighted by molar-refractivity contribution is 0.532. The first-order valence-electron chi connectivity index (χ1n) is 9.67. The van der Waals surface area contributed by atoms with Gasteiger partial charge in [0, 0.05) is 31.5 Å². The minimum absolute atomic E-state index is 0.256. The van der Waals surface area contributed by atoms with E-state index < -0.39 is 0 Å². The van der Waals surface area contributed by atoms with Gasteiger partial charge >= 0.3 is 5.69 Å². The van der Waals surface area contributed by atoms with Crippen molar-refractivity contribution >= 4 is 16.9 Å². The average molecular weight is 379 g/mol. The molecule has 3 aromatic heterocycles. The highest BCUT2D eigenvalue weighted by atomic mass is 16.2. The second-order valence-corrected chi connectivity index (χ2v) is 7.39. The Morgan fingerprint density at radius 3 is 2.54 bits per heavy atom. The number of imidazole rings is 2. The van der Waals surface area contributed by atoms with Crippen LogP contribution in [-0.2, 0) is 20.0 Å². The molecule has 146 valence electrons. The molecule has 4 aromatic rings. The second-order valence-electron chi connectivity index (χ2n) is 7.39. The summed E-state index contributed by atoms with van der Waals surface area (Å²) in [5, 5.41) is 0. The molecule has 0 fully saturated rings. The van der Waals surface area contributed by atoms with Gasteiger partial charge in [-0.15, -0.1) is 0 Å². The molecule has 28 heavy (non-hydrogen) atoms. The van der Waals surface area contributed by atoms with E-state index in [1.807, 2.05) is 47.9 Å². The van der Waals surface area contributed by atoms with E-state index >= 15 is 0 Å². The van der Waals surface area contributed by atoms with Crippen LogP contribution in [0.4, 0.5) is 0 Å². The lowest BCUT2D eigenvalue weighted by Gasteiger charge is -2.12. The van der Waals surface area contributed by atoms with E-state index in [1.165, 1.54) is 9.13 Å². The van der Waals surface area contributed by atoms with Crippen LogP contribution < -0.4 is 11.2 Å². The van der Waals surface area contributed by atoms with Crippen molar-refractivity contribution in [3.8, 4) is 0 Å². The van der Waals surface area contributed by atoms with Gasteiger partial charge in [0.1, 0.15) is 0 Å². The largest absolute Gasteiger partial charge is 0.332 e. The number of aryl methyl sites for hydroxylation is 3. The van der Waals surface area contributed by atoms with Crippen LogP contribution in [0.2, 0.25) is 0 Å². The molecule has 0 aliphatic rings. The van der Waals surface area contributed by atoms with Gasteiger partial charge in [-0.2, -0.15) is 4.98 Å². The van der Waals surface area contributed by atoms with Gasteiger partial charge < -0.3 is 4.57 Å². The first kappa shape index (κ1) is 18.3. The topological polar surface area (TPSA) is 66.2 Å². The Kier molecular flexibility index (Phi) is 4.45. The molecule has 0 aliphatic carbocycles. The maximum atomic E-state index is 13.2. The van der Waals surface area contributed by atoms with Gasteiger partial charge in [-0.25, -0.2) is 4.79 Å². The van der Waals surface area contributed by atoms with E-state index in [9.17, 15) is 9.59 Å². The Hall–Kier alpha value is -3.09. The van der Waals surface area contributed by atoms with E-state index in [0.717, 1.165) is 17.7 Å². The molecule has 7 nitrogen and oxygen atoms in total. The smallest absolute Gasteiger partial charge is 0.311 e. The van der Waals surface area contributed by atoms with Crippen LogP contribution in [0, 0.1) is 6.92 Å². The van der Waals surface area contributed by atoms with Crippen molar-refractivity contribution in [2.75, 3.05) is 0 Å². The molecule has 0 bridgehead atoms. The molecular formula is C21H25N5O2. The lowest BCUT2D eigenvalue weighted by atomic mass is 10.1. The molecule has 0 aliphatic heterocycles. The predicted molar refractivity (Wildman–Crippen MR) is 110 cm³/mol. The fourth-order valence-electron chi connectivity index (χ4n) is 3.84. The first-order valence-corrected chi connectivity index (χ1v) is 9.67. The zero-order chi connectivity index (χ0) is 20.0. The highest BCUT2D eigenvalue weighted by Gasteiger charge is 2.21. The van der Waals surface area contributed by atoms with Crippen molar-refractivity contribution in [3.63, 3.8) is 0 Å². The van der Waals surface area contributed by atoms with Crippen LogP contribution in [0.1, 0.15) is 37.6 Å². The summed E-state index contributed by atoms with van der Waals surface area (Å²) in [6.45, 7) is 6.60. The highest BCUT2D eigenvalue weighted by molar-refractivity contribution is 5.75. The quantitative estimate of drug-likeness (QED) is 0.535. The molecular weight excluding hydrogens is 354 g/mol. The summed E-state index contributed by atoms with van der Waals surface area (Å²) >= 11 is 0. The van der Waals surface area contributed by atoms with E-state index in [0.29, 0.717) is 29.9 Å². The zero-order valence-electron chi connectivity index (χ0n) is 16.7. The van der Waals surface area contributed by atoms with Crippen LogP contribution in [0.15, 0.2) is 46.1 Å². The molecule has 7 heteroatoms. The van der Waals surface area contributed by atoms with Crippen LogP contribution in [0.3, 0.4) is 0 Å². The zero-order valence-corrected chi connectivity index (χ0v) is 16.7. The van der Waals surface area contributed by atoms with Crippen LogP contribution in [0.25, 0.3) is 16.9 Å². The molecule has 0 N–H and O–H groups in total.